The van der Waals surface area contributed by atoms with E-state index in [-0.39, 0.29) is 44.4 Å². The van der Waals surface area contributed by atoms with Crippen LogP contribution in [0.25, 0.3) is 0 Å². The van der Waals surface area contributed by atoms with Crippen LogP contribution in [0, 0.1) is 0 Å². The molecule has 0 saturated heterocycles. The normalized spacial score (nSPS) is 13.4. The third-order valence-corrected chi connectivity index (χ3v) is 10.5. The Morgan fingerprint density at radius 1 is 0.304 bits per heavy atom. The number of hydrogen-bond acceptors (Lipinski definition) is 6. The Morgan fingerprint density at radius 3 is 0.957 bits per heavy atom. The van der Waals surface area contributed by atoms with Crippen LogP contribution in [0.5, 0.6) is 0 Å². The molecule has 69 heavy (non-hydrogen) atoms. The second kappa shape index (κ2) is 55.6. The molecule has 0 aliphatic carbocycles. The number of carbonyl (C=O) groups excluding carboxylic acids is 3. The summed E-state index contributed by atoms with van der Waals surface area (Å²) in [5, 5.41) is 0. The topological polar surface area (TPSA) is 78.9 Å². The Balaban J connectivity index is 4.69. The van der Waals surface area contributed by atoms with E-state index in [0.717, 1.165) is 89.9 Å². The number of hydrogen-bond donors (Lipinski definition) is 0. The molecule has 6 heteroatoms. The van der Waals surface area contributed by atoms with E-state index >= 15 is 0 Å². The molecule has 0 rings (SSSR count). The fourth-order valence-corrected chi connectivity index (χ4v) is 6.46. The van der Waals surface area contributed by atoms with Gasteiger partial charge in [-0.25, -0.2) is 0 Å². The average molecular weight is 949 g/mol. The standard InChI is InChI=1S/C63H96O6/c1-4-7-10-13-16-19-22-25-28-30-31-33-35-38-41-44-47-50-53-56-62(65)68-59-60(58-67-61(64)55-52-49-46-43-40-37-34-27-24-21-18-15-12-9-6-3)69-63(66)57-54-51-48-45-42-39-36-32-29-26-23-20-17-14-11-8-5-2/h9,12,16-21,25-29,31,33-34,36,38-41,43,45,47-48,50,60H,4-8,10-11,13-15,22-24,30,32,35,37,42,44,46,49,51-59H2,1-3H3/b12-9-,19-16-,20-17-,21-18-,28-25-,29-26-,33-31-,34-27-,39-36-,41-38-,43-40-,48-45-,50-47-/t60-/m1/s1. The number of esters is 3. The Hall–Kier alpha value is -4.97. The lowest BCUT2D eigenvalue weighted by Gasteiger charge is -2.18. The first-order chi connectivity index (χ1) is 34.0. The first kappa shape index (κ1) is 64.0. The smallest absolute Gasteiger partial charge is 0.306 e. The van der Waals surface area contributed by atoms with Crippen molar-refractivity contribution in [3.05, 3.63) is 158 Å². The van der Waals surface area contributed by atoms with Gasteiger partial charge in [-0.3, -0.25) is 14.4 Å². The molecule has 0 aromatic carbocycles. The predicted molar refractivity (Wildman–Crippen MR) is 297 cm³/mol. The molecule has 0 aromatic rings. The van der Waals surface area contributed by atoms with E-state index in [2.05, 4.69) is 167 Å². The summed E-state index contributed by atoms with van der Waals surface area (Å²) in [6, 6.07) is 0. The van der Waals surface area contributed by atoms with Crippen molar-refractivity contribution in [2.24, 2.45) is 0 Å². The minimum atomic E-state index is -0.862. The molecule has 0 radical (unpaired) electrons. The van der Waals surface area contributed by atoms with Gasteiger partial charge in [-0.05, 0) is 135 Å². The van der Waals surface area contributed by atoms with Gasteiger partial charge in [0, 0.05) is 19.3 Å². The maximum absolute atomic E-state index is 12.8. The lowest BCUT2D eigenvalue weighted by atomic mass is 10.2. The first-order valence-corrected chi connectivity index (χ1v) is 27.0. The zero-order valence-electron chi connectivity index (χ0n) is 43.8. The van der Waals surface area contributed by atoms with Crippen LogP contribution in [0.3, 0.4) is 0 Å². The number of rotatable bonds is 46. The van der Waals surface area contributed by atoms with E-state index < -0.39 is 12.1 Å². The zero-order chi connectivity index (χ0) is 50.0. The van der Waals surface area contributed by atoms with Crippen LogP contribution >= 0.6 is 0 Å². The lowest BCUT2D eigenvalue weighted by Crippen LogP contribution is -2.30. The first-order valence-electron chi connectivity index (χ1n) is 27.0. The van der Waals surface area contributed by atoms with Crippen molar-refractivity contribution in [1.29, 1.82) is 0 Å². The fraction of sp³-hybridized carbons (Fsp3) is 0.540. The van der Waals surface area contributed by atoms with Crippen molar-refractivity contribution < 1.29 is 28.6 Å². The highest BCUT2D eigenvalue weighted by atomic mass is 16.6. The van der Waals surface area contributed by atoms with E-state index in [1.54, 1.807) is 0 Å². The van der Waals surface area contributed by atoms with Gasteiger partial charge in [0.15, 0.2) is 6.10 Å². The van der Waals surface area contributed by atoms with Gasteiger partial charge >= 0.3 is 17.9 Å². The van der Waals surface area contributed by atoms with Crippen LogP contribution in [0.4, 0.5) is 0 Å². The van der Waals surface area contributed by atoms with Gasteiger partial charge in [0.2, 0.25) is 0 Å². The monoisotopic (exact) mass is 949 g/mol. The highest BCUT2D eigenvalue weighted by Gasteiger charge is 2.19. The van der Waals surface area contributed by atoms with Crippen LogP contribution in [0.2, 0.25) is 0 Å². The van der Waals surface area contributed by atoms with Crippen molar-refractivity contribution in [2.75, 3.05) is 13.2 Å². The van der Waals surface area contributed by atoms with Gasteiger partial charge in [0.1, 0.15) is 13.2 Å². The van der Waals surface area contributed by atoms with E-state index in [4.69, 9.17) is 14.2 Å². The molecule has 0 aliphatic heterocycles. The fourth-order valence-electron chi connectivity index (χ4n) is 6.46. The van der Waals surface area contributed by atoms with E-state index in [1.165, 1.54) is 51.4 Å². The Bertz CT molecular complexity index is 1610. The molecular weight excluding hydrogens is 853 g/mol. The van der Waals surface area contributed by atoms with E-state index in [1.807, 2.05) is 12.2 Å². The molecule has 0 N–H and O–H groups in total. The van der Waals surface area contributed by atoms with Crippen LogP contribution in [-0.2, 0) is 28.6 Å². The van der Waals surface area contributed by atoms with Gasteiger partial charge < -0.3 is 14.2 Å². The van der Waals surface area contributed by atoms with Crippen molar-refractivity contribution >= 4 is 17.9 Å². The molecule has 0 saturated carbocycles. The van der Waals surface area contributed by atoms with Gasteiger partial charge in [0.25, 0.3) is 0 Å². The molecule has 384 valence electrons. The number of ether oxygens (including phenoxy) is 3. The molecule has 0 amide bonds. The largest absolute Gasteiger partial charge is 0.462 e. The number of unbranched alkanes of at least 4 members (excludes halogenated alkanes) is 9. The number of carbonyl (C=O) groups is 3. The van der Waals surface area contributed by atoms with Crippen LogP contribution in [-0.4, -0.2) is 37.2 Å². The van der Waals surface area contributed by atoms with Gasteiger partial charge in [-0.2, -0.15) is 0 Å². The summed E-state index contributed by atoms with van der Waals surface area (Å²) in [5.74, 6) is -1.14. The quantitative estimate of drug-likeness (QED) is 0.0262. The molecule has 0 spiro atoms. The second-order valence-electron chi connectivity index (χ2n) is 17.0. The molecule has 1 atom stereocenters. The Morgan fingerprint density at radius 2 is 0.594 bits per heavy atom. The highest BCUT2D eigenvalue weighted by Crippen LogP contribution is 2.09. The molecule has 0 aliphatic rings. The maximum Gasteiger partial charge on any atom is 0.306 e. The Labute approximate surface area is 422 Å². The maximum atomic E-state index is 12.8. The Kier molecular flexibility index (Phi) is 51.6. The summed E-state index contributed by atoms with van der Waals surface area (Å²) in [6.07, 6.45) is 81.0. The second-order valence-corrected chi connectivity index (χ2v) is 17.0. The SMILES string of the molecule is CC/C=C\C/C=C\C/C=C\C/C=C\CCCCC(=O)OC[C@H](COC(=O)CC/C=C\C/C=C\C/C=C\C/C=C\C/C=C\CCCCC)OC(=O)CCC/C=C\C/C=C\C/C=C\C/C=C\CCCCC. The zero-order valence-corrected chi connectivity index (χ0v) is 43.8. The van der Waals surface area contributed by atoms with Crippen LogP contribution < -0.4 is 0 Å². The minimum absolute atomic E-state index is 0.152. The summed E-state index contributed by atoms with van der Waals surface area (Å²) < 4.78 is 16.7. The summed E-state index contributed by atoms with van der Waals surface area (Å²) in [7, 11) is 0. The van der Waals surface area contributed by atoms with Crippen molar-refractivity contribution in [3.63, 3.8) is 0 Å². The van der Waals surface area contributed by atoms with E-state index in [9.17, 15) is 14.4 Å². The summed E-state index contributed by atoms with van der Waals surface area (Å²) >= 11 is 0. The van der Waals surface area contributed by atoms with Crippen LogP contribution in [0.1, 0.15) is 201 Å². The van der Waals surface area contributed by atoms with Gasteiger partial charge in [0.05, 0.1) is 0 Å². The molecule has 6 nitrogen and oxygen atoms in total. The van der Waals surface area contributed by atoms with Crippen LogP contribution in [0.15, 0.2) is 158 Å². The molecule has 0 aromatic heterocycles. The average Bonchev–Trinajstić information content (AvgIpc) is 3.35. The van der Waals surface area contributed by atoms with Gasteiger partial charge in [-0.15, -0.1) is 0 Å². The predicted octanol–water partition coefficient (Wildman–Crippen LogP) is 18.2. The van der Waals surface area contributed by atoms with Crippen molar-refractivity contribution in [3.8, 4) is 0 Å². The molecule has 0 fully saturated rings. The molecular formula is C63H96O6. The molecule has 0 heterocycles. The lowest BCUT2D eigenvalue weighted by molar-refractivity contribution is -0.166. The van der Waals surface area contributed by atoms with Crippen molar-refractivity contribution in [2.45, 2.75) is 207 Å². The van der Waals surface area contributed by atoms with E-state index in [0.29, 0.717) is 19.3 Å². The number of allylic oxidation sites excluding steroid dienone is 26. The summed E-state index contributed by atoms with van der Waals surface area (Å²) in [4.78, 5) is 38.0. The highest BCUT2D eigenvalue weighted by molar-refractivity contribution is 5.71. The summed E-state index contributed by atoms with van der Waals surface area (Å²) in [6.45, 7) is 6.29. The third kappa shape index (κ3) is 53.8. The minimum Gasteiger partial charge on any atom is -0.462 e. The van der Waals surface area contributed by atoms with Crippen molar-refractivity contribution in [1.82, 2.24) is 0 Å². The van der Waals surface area contributed by atoms with Gasteiger partial charge in [-0.1, -0.05) is 204 Å². The summed E-state index contributed by atoms with van der Waals surface area (Å²) in [5.41, 5.74) is 0. The molecule has 0 unspecified atom stereocenters. The molecule has 0 bridgehead atoms. The third-order valence-electron chi connectivity index (χ3n) is 10.5.